The largest absolute Gasteiger partial charge is 0.497 e. The highest BCUT2D eigenvalue weighted by molar-refractivity contribution is 7.89. The van der Waals surface area contributed by atoms with Gasteiger partial charge < -0.3 is 9.64 Å². The van der Waals surface area contributed by atoms with Gasteiger partial charge in [0.05, 0.1) is 12.0 Å². The van der Waals surface area contributed by atoms with Crippen molar-refractivity contribution in [3.63, 3.8) is 0 Å². The van der Waals surface area contributed by atoms with Crippen molar-refractivity contribution in [2.24, 2.45) is 0 Å². The molecule has 2 heterocycles. The molecule has 2 aliphatic heterocycles. The maximum atomic E-state index is 14.3. The second-order valence-corrected chi connectivity index (χ2v) is 11.9. The summed E-state index contributed by atoms with van der Waals surface area (Å²) in [5.74, 6) is 0.625. The van der Waals surface area contributed by atoms with Crippen LogP contribution in [0.2, 0.25) is 0 Å². The molecule has 0 radical (unpaired) electrons. The minimum Gasteiger partial charge on any atom is -0.497 e. The highest BCUT2D eigenvalue weighted by Gasteiger charge is 2.62. The quantitative estimate of drug-likeness (QED) is 0.330. The molecule has 0 bridgehead atoms. The first kappa shape index (κ1) is 23.8. The van der Waals surface area contributed by atoms with Crippen LogP contribution in [0.15, 0.2) is 114 Å². The number of rotatable bonds is 6. The summed E-state index contributed by atoms with van der Waals surface area (Å²) in [5, 5.41) is 0. The number of hydrogen-bond donors (Lipinski definition) is 0. The number of methoxy groups -OCH3 is 1. The molecule has 4 aromatic rings. The first-order chi connectivity index (χ1) is 17.9. The Morgan fingerprint density at radius 2 is 1.46 bits per heavy atom. The Morgan fingerprint density at radius 3 is 2.14 bits per heavy atom. The van der Waals surface area contributed by atoms with Gasteiger partial charge in [-0.15, -0.1) is 0 Å². The molecule has 3 atom stereocenters. The first-order valence-corrected chi connectivity index (χ1v) is 14.0. The van der Waals surface area contributed by atoms with Crippen LogP contribution in [0.25, 0.3) is 0 Å². The average Bonchev–Trinajstić information content (AvgIpc) is 3.39. The normalized spacial score (nSPS) is 23.0. The van der Waals surface area contributed by atoms with Gasteiger partial charge in [0.15, 0.2) is 0 Å². The zero-order chi connectivity index (χ0) is 25.6. The third-order valence-corrected chi connectivity index (χ3v) is 9.88. The number of fused-ring (bicyclic) bond motifs is 3. The maximum absolute atomic E-state index is 14.3. The Balaban J connectivity index is 1.53. The summed E-state index contributed by atoms with van der Waals surface area (Å²) in [4.78, 5) is 2.56. The summed E-state index contributed by atoms with van der Waals surface area (Å²) in [6.07, 6.45) is -0.373. The van der Waals surface area contributed by atoms with Crippen molar-refractivity contribution in [3.8, 4) is 5.75 Å². The SMILES string of the molecule is COc1ccc(S(=O)(=O)N2C[C@@H](c3ccccc3)[C@@]3(C)c4ccccc4N(Cc4ccccc4)[C@@H]23)cc1. The maximum Gasteiger partial charge on any atom is 0.244 e. The minimum absolute atomic E-state index is 0.00588. The molecule has 0 amide bonds. The van der Waals surface area contributed by atoms with Crippen molar-refractivity contribution in [1.82, 2.24) is 4.31 Å². The van der Waals surface area contributed by atoms with E-state index in [0.717, 1.165) is 16.8 Å². The summed E-state index contributed by atoms with van der Waals surface area (Å²) >= 11 is 0. The van der Waals surface area contributed by atoms with Crippen LogP contribution in [-0.2, 0) is 22.0 Å². The van der Waals surface area contributed by atoms with E-state index >= 15 is 0 Å². The van der Waals surface area contributed by atoms with E-state index in [2.05, 4.69) is 54.3 Å². The van der Waals surface area contributed by atoms with Gasteiger partial charge in [-0.05, 0) is 47.0 Å². The number of ether oxygens (including phenoxy) is 1. The average molecular weight is 511 g/mol. The summed E-state index contributed by atoms with van der Waals surface area (Å²) in [6, 6.07) is 35.7. The number of benzene rings is 4. The molecule has 37 heavy (non-hydrogen) atoms. The van der Waals surface area contributed by atoms with E-state index in [4.69, 9.17) is 4.74 Å². The standard InChI is InChI=1S/C31H30N2O3S/c1-31-27-15-9-10-16-29(27)32(21-23-11-5-3-6-12-23)30(31)33(22-28(31)24-13-7-4-8-14-24)37(34,35)26-19-17-25(36-2)18-20-26/h3-20,28,30H,21-22H2,1-2H3/t28-,30-,31+/m0/s1. The number of nitrogens with zero attached hydrogens (tertiary/aromatic N) is 2. The van der Waals surface area contributed by atoms with Gasteiger partial charge in [0.1, 0.15) is 11.9 Å². The van der Waals surface area contributed by atoms with Crippen LogP contribution in [0.1, 0.15) is 29.5 Å². The molecule has 0 aromatic heterocycles. The first-order valence-electron chi connectivity index (χ1n) is 12.6. The number of sulfonamides is 1. The number of para-hydroxylation sites is 1. The molecular formula is C31H30N2O3S. The van der Waals surface area contributed by atoms with Gasteiger partial charge in [-0.1, -0.05) is 85.8 Å². The molecule has 0 unspecified atom stereocenters. The Hall–Kier alpha value is -3.61. The Bertz CT molecular complexity index is 1510. The Labute approximate surface area is 219 Å². The third kappa shape index (κ3) is 3.74. The lowest BCUT2D eigenvalue weighted by molar-refractivity contribution is 0.313. The second kappa shape index (κ2) is 9.05. The molecule has 6 rings (SSSR count). The molecule has 4 aromatic carbocycles. The highest BCUT2D eigenvalue weighted by Crippen LogP contribution is 2.59. The van der Waals surface area contributed by atoms with Crippen LogP contribution in [0.5, 0.6) is 5.75 Å². The van der Waals surface area contributed by atoms with E-state index in [9.17, 15) is 8.42 Å². The predicted molar refractivity (Wildman–Crippen MR) is 146 cm³/mol. The van der Waals surface area contributed by atoms with Crippen LogP contribution in [0.3, 0.4) is 0 Å². The molecule has 5 nitrogen and oxygen atoms in total. The zero-order valence-electron chi connectivity index (χ0n) is 21.0. The second-order valence-electron chi connectivity index (χ2n) is 10.0. The fourth-order valence-electron chi connectivity index (χ4n) is 6.27. The zero-order valence-corrected chi connectivity index (χ0v) is 21.8. The molecule has 1 saturated heterocycles. The van der Waals surface area contributed by atoms with Crippen molar-refractivity contribution >= 4 is 15.7 Å². The molecule has 1 fully saturated rings. The van der Waals surface area contributed by atoms with Gasteiger partial charge in [0.2, 0.25) is 10.0 Å². The lowest BCUT2D eigenvalue weighted by Crippen LogP contribution is -2.51. The van der Waals surface area contributed by atoms with E-state index in [1.54, 1.807) is 35.7 Å². The van der Waals surface area contributed by atoms with Crippen molar-refractivity contribution < 1.29 is 13.2 Å². The smallest absolute Gasteiger partial charge is 0.244 e. The lowest BCUT2D eigenvalue weighted by atomic mass is 9.71. The summed E-state index contributed by atoms with van der Waals surface area (Å²) in [5.41, 5.74) is 4.14. The van der Waals surface area contributed by atoms with Crippen LogP contribution < -0.4 is 9.64 Å². The van der Waals surface area contributed by atoms with Gasteiger partial charge in [0.25, 0.3) is 0 Å². The van der Waals surface area contributed by atoms with Crippen molar-refractivity contribution in [1.29, 1.82) is 0 Å². The van der Waals surface area contributed by atoms with Crippen molar-refractivity contribution in [3.05, 3.63) is 126 Å². The van der Waals surface area contributed by atoms with Crippen molar-refractivity contribution in [2.75, 3.05) is 18.6 Å². The number of hydrogen-bond acceptors (Lipinski definition) is 4. The number of anilines is 1. The fraction of sp³-hybridized carbons (Fsp3) is 0.226. The fourth-order valence-corrected chi connectivity index (χ4v) is 7.96. The topological polar surface area (TPSA) is 49.9 Å². The van der Waals surface area contributed by atoms with E-state index in [1.165, 1.54) is 5.56 Å². The minimum atomic E-state index is -3.80. The third-order valence-electron chi connectivity index (χ3n) is 8.05. The molecule has 0 aliphatic carbocycles. The van der Waals surface area contributed by atoms with Crippen LogP contribution in [0.4, 0.5) is 5.69 Å². The molecule has 6 heteroatoms. The molecule has 0 saturated carbocycles. The summed E-state index contributed by atoms with van der Waals surface area (Å²) < 4.78 is 35.6. The van der Waals surface area contributed by atoms with Gasteiger partial charge in [-0.2, -0.15) is 4.31 Å². The van der Waals surface area contributed by atoms with Gasteiger partial charge in [-0.3, -0.25) is 0 Å². The van der Waals surface area contributed by atoms with Crippen LogP contribution in [-0.4, -0.2) is 32.5 Å². The highest BCUT2D eigenvalue weighted by atomic mass is 32.2. The molecular weight excluding hydrogens is 480 g/mol. The van der Waals surface area contributed by atoms with Gasteiger partial charge >= 0.3 is 0 Å². The van der Waals surface area contributed by atoms with Crippen LogP contribution >= 0.6 is 0 Å². The molecule has 0 spiro atoms. The van der Waals surface area contributed by atoms with Gasteiger partial charge in [0, 0.05) is 30.1 Å². The Morgan fingerprint density at radius 1 is 0.838 bits per heavy atom. The van der Waals surface area contributed by atoms with E-state index in [0.29, 0.717) is 18.8 Å². The lowest BCUT2D eigenvalue weighted by Gasteiger charge is -2.37. The molecule has 188 valence electrons. The molecule has 0 N–H and O–H groups in total. The van der Waals surface area contributed by atoms with Crippen molar-refractivity contribution in [2.45, 2.75) is 35.9 Å². The monoisotopic (exact) mass is 510 g/mol. The molecule has 2 aliphatic rings. The Kier molecular flexibility index (Phi) is 5.81. The van der Waals surface area contributed by atoms with E-state index in [-0.39, 0.29) is 17.0 Å². The van der Waals surface area contributed by atoms with E-state index in [1.807, 2.05) is 42.5 Å². The predicted octanol–water partition coefficient (Wildman–Crippen LogP) is 5.79. The van der Waals surface area contributed by atoms with Crippen LogP contribution in [0, 0.1) is 0 Å². The summed E-state index contributed by atoms with van der Waals surface area (Å²) in [6.45, 7) is 3.26. The van der Waals surface area contributed by atoms with Gasteiger partial charge in [-0.25, -0.2) is 8.42 Å². The summed E-state index contributed by atoms with van der Waals surface area (Å²) in [7, 11) is -2.22. The van der Waals surface area contributed by atoms with E-state index < -0.39 is 15.4 Å².